The first-order valence-corrected chi connectivity index (χ1v) is 9.32. The van der Waals surface area contributed by atoms with Crippen LogP contribution in [0, 0.1) is 0 Å². The molecule has 5 heteroatoms. The second kappa shape index (κ2) is 6.86. The monoisotopic (exact) mass is 408 g/mol. The summed E-state index contributed by atoms with van der Waals surface area (Å²) in [5.74, 6) is -0.121. The van der Waals surface area contributed by atoms with Gasteiger partial charge in [-0.05, 0) is 58.4 Å². The molecule has 1 aliphatic heterocycles. The van der Waals surface area contributed by atoms with Crippen molar-refractivity contribution in [3.63, 3.8) is 0 Å². The van der Waals surface area contributed by atoms with Gasteiger partial charge in [-0.2, -0.15) is 0 Å². The second-order valence-electron chi connectivity index (χ2n) is 5.57. The normalized spacial score (nSPS) is 17.4. The third kappa shape index (κ3) is 3.67. The molecular formula is C20H13BrN2OS. The number of carbonyl (C=O) groups excluding carboxylic acids is 1. The summed E-state index contributed by atoms with van der Waals surface area (Å²) in [6.07, 6.45) is 1.87. The summed E-state index contributed by atoms with van der Waals surface area (Å²) in [6.45, 7) is 0. The fourth-order valence-corrected chi connectivity index (χ4v) is 3.85. The highest BCUT2D eigenvalue weighted by atomic mass is 79.9. The van der Waals surface area contributed by atoms with Crippen LogP contribution in [-0.4, -0.2) is 11.1 Å². The van der Waals surface area contributed by atoms with Gasteiger partial charge in [0.05, 0.1) is 10.6 Å². The summed E-state index contributed by atoms with van der Waals surface area (Å²) >= 11 is 4.80. The molecule has 0 radical (unpaired) electrons. The molecule has 122 valence electrons. The van der Waals surface area contributed by atoms with Gasteiger partial charge in [-0.3, -0.25) is 4.79 Å². The maximum Gasteiger partial charge on any atom is 0.264 e. The quantitative estimate of drug-likeness (QED) is 0.569. The van der Waals surface area contributed by atoms with Gasteiger partial charge < -0.3 is 5.32 Å². The summed E-state index contributed by atoms with van der Waals surface area (Å²) in [5, 5.41) is 5.73. The Balaban J connectivity index is 1.61. The van der Waals surface area contributed by atoms with E-state index in [2.05, 4.69) is 38.4 Å². The SMILES string of the molecule is O=C1NC(=Nc2ccc3ccccc3c2)SC1=Cc1cccc(Br)c1. The number of carbonyl (C=O) groups is 1. The molecule has 0 aromatic heterocycles. The number of amides is 1. The van der Waals surface area contributed by atoms with E-state index in [9.17, 15) is 4.79 Å². The molecular weight excluding hydrogens is 396 g/mol. The Bertz CT molecular complexity index is 1040. The number of nitrogens with zero attached hydrogens (tertiary/aromatic N) is 1. The van der Waals surface area contributed by atoms with Gasteiger partial charge >= 0.3 is 0 Å². The molecule has 1 N–H and O–H groups in total. The number of hydrogen-bond acceptors (Lipinski definition) is 3. The van der Waals surface area contributed by atoms with Crippen LogP contribution in [0.5, 0.6) is 0 Å². The Morgan fingerprint density at radius 1 is 0.960 bits per heavy atom. The maximum atomic E-state index is 12.2. The van der Waals surface area contributed by atoms with Gasteiger partial charge in [-0.1, -0.05) is 58.4 Å². The lowest BCUT2D eigenvalue weighted by Crippen LogP contribution is -2.19. The van der Waals surface area contributed by atoms with Crippen molar-refractivity contribution < 1.29 is 4.79 Å². The number of rotatable bonds is 2. The fraction of sp³-hybridized carbons (Fsp3) is 0. The highest BCUT2D eigenvalue weighted by molar-refractivity contribution is 9.10. The number of amidine groups is 1. The minimum absolute atomic E-state index is 0.121. The molecule has 1 fully saturated rings. The van der Waals surface area contributed by atoms with Crippen molar-refractivity contribution in [1.82, 2.24) is 5.32 Å². The molecule has 4 rings (SSSR count). The van der Waals surface area contributed by atoms with Crippen LogP contribution in [0.2, 0.25) is 0 Å². The average Bonchev–Trinajstić information content (AvgIpc) is 2.94. The average molecular weight is 409 g/mol. The van der Waals surface area contributed by atoms with Crippen LogP contribution in [0.15, 0.2) is 81.1 Å². The van der Waals surface area contributed by atoms with E-state index in [0.29, 0.717) is 10.1 Å². The lowest BCUT2D eigenvalue weighted by atomic mass is 10.1. The van der Waals surface area contributed by atoms with Gasteiger partial charge in [-0.15, -0.1) is 0 Å². The van der Waals surface area contributed by atoms with E-state index in [1.54, 1.807) is 0 Å². The predicted molar refractivity (Wildman–Crippen MR) is 109 cm³/mol. The van der Waals surface area contributed by atoms with E-state index in [4.69, 9.17) is 0 Å². The van der Waals surface area contributed by atoms with Crippen molar-refractivity contribution in [1.29, 1.82) is 0 Å². The molecule has 0 bridgehead atoms. The number of halogens is 1. The van der Waals surface area contributed by atoms with E-state index in [-0.39, 0.29) is 5.91 Å². The lowest BCUT2D eigenvalue weighted by Gasteiger charge is -2.00. The summed E-state index contributed by atoms with van der Waals surface area (Å²) < 4.78 is 0.982. The van der Waals surface area contributed by atoms with Crippen molar-refractivity contribution in [2.45, 2.75) is 0 Å². The highest BCUT2D eigenvalue weighted by Crippen LogP contribution is 2.29. The minimum atomic E-state index is -0.121. The van der Waals surface area contributed by atoms with Crippen LogP contribution in [0.4, 0.5) is 5.69 Å². The van der Waals surface area contributed by atoms with Crippen LogP contribution in [0.3, 0.4) is 0 Å². The molecule has 3 nitrogen and oxygen atoms in total. The predicted octanol–water partition coefficient (Wildman–Crippen LogP) is 5.49. The zero-order chi connectivity index (χ0) is 17.2. The number of fused-ring (bicyclic) bond motifs is 1. The molecule has 1 amide bonds. The second-order valence-corrected chi connectivity index (χ2v) is 7.51. The third-order valence-electron chi connectivity index (χ3n) is 3.76. The van der Waals surface area contributed by atoms with Crippen molar-refractivity contribution in [2.75, 3.05) is 0 Å². The van der Waals surface area contributed by atoms with E-state index in [1.807, 2.05) is 60.7 Å². The van der Waals surface area contributed by atoms with Crippen LogP contribution in [0.25, 0.3) is 16.8 Å². The van der Waals surface area contributed by atoms with Gasteiger partial charge in [0, 0.05) is 4.47 Å². The number of benzene rings is 3. The zero-order valence-electron chi connectivity index (χ0n) is 13.1. The first-order valence-electron chi connectivity index (χ1n) is 7.71. The van der Waals surface area contributed by atoms with Crippen LogP contribution < -0.4 is 5.32 Å². The van der Waals surface area contributed by atoms with Crippen molar-refractivity contribution in [3.8, 4) is 0 Å². The molecule has 0 spiro atoms. The Kier molecular flexibility index (Phi) is 4.42. The van der Waals surface area contributed by atoms with E-state index in [0.717, 1.165) is 21.1 Å². The summed E-state index contributed by atoms with van der Waals surface area (Å²) in [7, 11) is 0. The van der Waals surface area contributed by atoms with E-state index >= 15 is 0 Å². The molecule has 1 heterocycles. The van der Waals surface area contributed by atoms with E-state index < -0.39 is 0 Å². The van der Waals surface area contributed by atoms with Crippen molar-refractivity contribution in [3.05, 3.63) is 81.7 Å². The number of hydrogen-bond donors (Lipinski definition) is 1. The third-order valence-corrected chi connectivity index (χ3v) is 5.16. The summed E-state index contributed by atoms with van der Waals surface area (Å²) in [5.41, 5.74) is 1.80. The summed E-state index contributed by atoms with van der Waals surface area (Å²) in [6, 6.07) is 22.0. The summed E-state index contributed by atoms with van der Waals surface area (Å²) in [4.78, 5) is 17.4. The Hall–Kier alpha value is -2.37. The van der Waals surface area contributed by atoms with Crippen LogP contribution in [-0.2, 0) is 4.79 Å². The minimum Gasteiger partial charge on any atom is -0.300 e. The molecule has 1 aliphatic rings. The van der Waals surface area contributed by atoms with Crippen molar-refractivity contribution >= 4 is 61.3 Å². The highest BCUT2D eigenvalue weighted by Gasteiger charge is 2.23. The molecule has 25 heavy (non-hydrogen) atoms. The smallest absolute Gasteiger partial charge is 0.264 e. The molecule has 3 aromatic rings. The standard InChI is InChI=1S/C20H13BrN2OS/c21-16-7-3-4-13(10-16)11-18-19(24)23-20(25-18)22-17-9-8-14-5-1-2-6-15(14)12-17/h1-12H,(H,22,23,24). The molecule has 0 unspecified atom stereocenters. The molecule has 3 aromatic carbocycles. The van der Waals surface area contributed by atoms with Gasteiger partial charge in [0.1, 0.15) is 0 Å². The van der Waals surface area contributed by atoms with Gasteiger partial charge in [0.2, 0.25) is 0 Å². The lowest BCUT2D eigenvalue weighted by molar-refractivity contribution is -0.115. The number of thioether (sulfide) groups is 1. The molecule has 0 aliphatic carbocycles. The van der Waals surface area contributed by atoms with Crippen LogP contribution >= 0.6 is 27.7 Å². The molecule has 0 saturated carbocycles. The van der Waals surface area contributed by atoms with Gasteiger partial charge in [0.15, 0.2) is 5.17 Å². The Morgan fingerprint density at radius 2 is 1.80 bits per heavy atom. The topological polar surface area (TPSA) is 41.5 Å². The van der Waals surface area contributed by atoms with Crippen molar-refractivity contribution in [2.24, 2.45) is 4.99 Å². The zero-order valence-corrected chi connectivity index (χ0v) is 15.5. The first-order chi connectivity index (χ1) is 12.2. The molecule has 1 saturated heterocycles. The number of aliphatic imine (C=N–C) groups is 1. The van der Waals surface area contributed by atoms with Gasteiger partial charge in [0.25, 0.3) is 5.91 Å². The molecule has 0 atom stereocenters. The van der Waals surface area contributed by atoms with Crippen LogP contribution in [0.1, 0.15) is 5.56 Å². The fourth-order valence-electron chi connectivity index (χ4n) is 2.59. The maximum absolute atomic E-state index is 12.2. The number of nitrogens with one attached hydrogen (secondary N) is 1. The van der Waals surface area contributed by atoms with E-state index in [1.165, 1.54) is 17.1 Å². The first kappa shape index (κ1) is 16.1. The Labute approximate surface area is 158 Å². The largest absolute Gasteiger partial charge is 0.300 e. The Morgan fingerprint density at radius 3 is 2.64 bits per heavy atom. The van der Waals surface area contributed by atoms with Gasteiger partial charge in [-0.25, -0.2) is 4.99 Å².